The lowest BCUT2D eigenvalue weighted by molar-refractivity contribution is -0.122. The van der Waals surface area contributed by atoms with E-state index < -0.39 is 6.10 Å². The van der Waals surface area contributed by atoms with Crippen LogP contribution in [-0.4, -0.2) is 17.1 Å². The van der Waals surface area contributed by atoms with E-state index in [0.29, 0.717) is 28.4 Å². The van der Waals surface area contributed by atoms with Gasteiger partial charge < -0.3 is 15.2 Å². The average molecular weight is 348 g/mol. The molecule has 0 saturated heterocycles. The first-order chi connectivity index (χ1) is 11.3. The van der Waals surface area contributed by atoms with Crippen LogP contribution in [0.4, 0.5) is 5.69 Å². The van der Waals surface area contributed by atoms with Crippen LogP contribution in [0.1, 0.15) is 30.0 Å². The van der Waals surface area contributed by atoms with E-state index in [1.165, 1.54) is 6.07 Å². The molecule has 0 aromatic heterocycles. The smallest absolute Gasteiger partial charge is 0.265 e. The third kappa shape index (κ3) is 4.20. The minimum absolute atomic E-state index is 0.0815. The van der Waals surface area contributed by atoms with Crippen LogP contribution in [-0.2, 0) is 4.79 Å². The van der Waals surface area contributed by atoms with Crippen LogP contribution in [0.25, 0.3) is 0 Å². The van der Waals surface area contributed by atoms with Crippen molar-refractivity contribution in [3.63, 3.8) is 0 Å². The second kappa shape index (κ2) is 7.58. The highest BCUT2D eigenvalue weighted by Crippen LogP contribution is 2.30. The first kappa shape index (κ1) is 18.1. The van der Waals surface area contributed by atoms with Crippen LogP contribution < -0.4 is 10.1 Å². The van der Waals surface area contributed by atoms with Crippen LogP contribution in [0.2, 0.25) is 5.02 Å². The van der Waals surface area contributed by atoms with E-state index >= 15 is 0 Å². The van der Waals surface area contributed by atoms with Gasteiger partial charge in [0.25, 0.3) is 5.91 Å². The summed E-state index contributed by atoms with van der Waals surface area (Å²) in [5.74, 6) is 0.459. The van der Waals surface area contributed by atoms with Crippen LogP contribution in [0, 0.1) is 20.8 Å². The summed E-state index contributed by atoms with van der Waals surface area (Å²) in [7, 11) is 0. The maximum Gasteiger partial charge on any atom is 0.265 e. The van der Waals surface area contributed by atoms with Gasteiger partial charge in [-0.2, -0.15) is 0 Å². The average Bonchev–Trinajstić information content (AvgIpc) is 2.51. The molecule has 1 unspecified atom stereocenters. The van der Waals surface area contributed by atoms with Gasteiger partial charge in [0.2, 0.25) is 0 Å². The van der Waals surface area contributed by atoms with Gasteiger partial charge in [-0.25, -0.2) is 0 Å². The van der Waals surface area contributed by atoms with Gasteiger partial charge in [0.15, 0.2) is 6.10 Å². The quantitative estimate of drug-likeness (QED) is 0.819. The number of carbonyl (C=O) groups excluding carboxylic acids is 1. The Labute approximate surface area is 147 Å². The maximum atomic E-state index is 12.5. The number of aromatic hydroxyl groups is 1. The van der Waals surface area contributed by atoms with Crippen molar-refractivity contribution >= 4 is 23.2 Å². The molecular weight excluding hydrogens is 326 g/mol. The van der Waals surface area contributed by atoms with Gasteiger partial charge in [-0.3, -0.25) is 4.79 Å². The topological polar surface area (TPSA) is 58.6 Å². The van der Waals surface area contributed by atoms with Crippen LogP contribution in [0.5, 0.6) is 11.5 Å². The van der Waals surface area contributed by atoms with Crippen molar-refractivity contribution in [1.82, 2.24) is 0 Å². The molecule has 0 aliphatic heterocycles. The lowest BCUT2D eigenvalue weighted by atomic mass is 10.1. The van der Waals surface area contributed by atoms with E-state index in [1.54, 1.807) is 13.0 Å². The Morgan fingerprint density at radius 3 is 2.54 bits per heavy atom. The molecule has 2 aromatic rings. The Bertz CT molecular complexity index is 759. The molecule has 0 saturated carbocycles. The number of halogens is 1. The highest BCUT2D eigenvalue weighted by atomic mass is 35.5. The molecule has 2 rings (SSSR count). The van der Waals surface area contributed by atoms with E-state index in [-0.39, 0.29) is 11.7 Å². The molecular formula is C19H22ClNO3. The molecule has 0 spiro atoms. The lowest BCUT2D eigenvalue weighted by Gasteiger charge is -2.19. The van der Waals surface area contributed by atoms with Crippen LogP contribution in [0.3, 0.4) is 0 Å². The summed E-state index contributed by atoms with van der Waals surface area (Å²) in [6.45, 7) is 7.57. The van der Waals surface area contributed by atoms with E-state index in [4.69, 9.17) is 16.3 Å². The SMILES string of the molecule is CCC(Oc1ccc(C)cc1C)C(=O)Nc1cc(O)c(C)cc1Cl. The molecule has 24 heavy (non-hydrogen) atoms. The van der Waals surface area contributed by atoms with Crippen molar-refractivity contribution < 1.29 is 14.6 Å². The Morgan fingerprint density at radius 2 is 1.92 bits per heavy atom. The first-order valence-corrected chi connectivity index (χ1v) is 8.23. The molecule has 1 amide bonds. The van der Waals surface area contributed by atoms with Crippen molar-refractivity contribution in [3.05, 3.63) is 52.0 Å². The number of anilines is 1. The van der Waals surface area contributed by atoms with Crippen molar-refractivity contribution in [2.24, 2.45) is 0 Å². The second-order valence-electron chi connectivity index (χ2n) is 5.89. The molecule has 2 aromatic carbocycles. The fourth-order valence-electron chi connectivity index (χ4n) is 2.38. The lowest BCUT2D eigenvalue weighted by Crippen LogP contribution is -2.32. The molecule has 0 aliphatic rings. The normalized spacial score (nSPS) is 11.9. The van der Waals surface area contributed by atoms with Gasteiger partial charge in [-0.15, -0.1) is 0 Å². The summed E-state index contributed by atoms with van der Waals surface area (Å²) in [6.07, 6.45) is -0.139. The third-order valence-corrected chi connectivity index (χ3v) is 4.12. The predicted molar refractivity (Wildman–Crippen MR) is 97.1 cm³/mol. The highest BCUT2D eigenvalue weighted by Gasteiger charge is 2.20. The fourth-order valence-corrected chi connectivity index (χ4v) is 2.64. The molecule has 5 heteroatoms. The number of hydrogen-bond donors (Lipinski definition) is 2. The molecule has 2 N–H and O–H groups in total. The zero-order valence-electron chi connectivity index (χ0n) is 14.3. The zero-order valence-corrected chi connectivity index (χ0v) is 15.1. The molecule has 0 heterocycles. The monoisotopic (exact) mass is 347 g/mol. The minimum Gasteiger partial charge on any atom is -0.508 e. The third-order valence-electron chi connectivity index (χ3n) is 3.81. The second-order valence-corrected chi connectivity index (χ2v) is 6.30. The highest BCUT2D eigenvalue weighted by molar-refractivity contribution is 6.33. The number of amides is 1. The number of phenolic OH excluding ortho intramolecular Hbond substituents is 1. The molecule has 0 fully saturated rings. The van der Waals surface area contributed by atoms with Crippen molar-refractivity contribution in [3.8, 4) is 11.5 Å². The van der Waals surface area contributed by atoms with Crippen molar-refractivity contribution in [1.29, 1.82) is 0 Å². The number of aryl methyl sites for hydroxylation is 3. The number of hydrogen-bond acceptors (Lipinski definition) is 3. The van der Waals surface area contributed by atoms with Gasteiger partial charge >= 0.3 is 0 Å². The Balaban J connectivity index is 2.16. The number of nitrogens with one attached hydrogen (secondary N) is 1. The summed E-state index contributed by atoms with van der Waals surface area (Å²) < 4.78 is 5.86. The standard InChI is InChI=1S/C19H22ClNO3/c1-5-17(24-18-7-6-11(2)8-13(18)4)19(23)21-15-10-16(22)12(3)9-14(15)20/h6-10,17,22H,5H2,1-4H3,(H,21,23). The number of carbonyl (C=O) groups is 1. The Kier molecular flexibility index (Phi) is 5.73. The maximum absolute atomic E-state index is 12.5. The van der Waals surface area contributed by atoms with Gasteiger partial charge in [0.05, 0.1) is 10.7 Å². The minimum atomic E-state index is -0.647. The van der Waals surface area contributed by atoms with E-state index in [9.17, 15) is 9.90 Å². The molecule has 0 aliphatic carbocycles. The number of ether oxygens (including phenoxy) is 1. The zero-order chi connectivity index (χ0) is 17.9. The van der Waals surface area contributed by atoms with E-state index in [1.807, 2.05) is 39.0 Å². The van der Waals surface area contributed by atoms with Crippen molar-refractivity contribution in [2.45, 2.75) is 40.2 Å². The number of rotatable bonds is 5. The van der Waals surface area contributed by atoms with Gasteiger partial charge in [0.1, 0.15) is 11.5 Å². The summed E-state index contributed by atoms with van der Waals surface area (Å²) in [4.78, 5) is 12.5. The number of phenols is 1. The summed E-state index contributed by atoms with van der Waals surface area (Å²) >= 11 is 6.13. The largest absolute Gasteiger partial charge is 0.508 e. The summed E-state index contributed by atoms with van der Waals surface area (Å²) in [6, 6.07) is 8.87. The van der Waals surface area contributed by atoms with Gasteiger partial charge in [-0.05, 0) is 50.5 Å². The Hall–Kier alpha value is -2.20. The van der Waals surface area contributed by atoms with E-state index in [0.717, 1.165) is 11.1 Å². The van der Waals surface area contributed by atoms with Gasteiger partial charge in [-0.1, -0.05) is 36.2 Å². The summed E-state index contributed by atoms with van der Waals surface area (Å²) in [5, 5.41) is 12.9. The van der Waals surface area contributed by atoms with Gasteiger partial charge in [0, 0.05) is 6.07 Å². The van der Waals surface area contributed by atoms with Crippen LogP contribution >= 0.6 is 11.6 Å². The van der Waals surface area contributed by atoms with E-state index in [2.05, 4.69) is 5.32 Å². The fraction of sp³-hybridized carbons (Fsp3) is 0.316. The predicted octanol–water partition coefficient (Wildman–Crippen LogP) is 4.77. The van der Waals surface area contributed by atoms with Crippen LogP contribution in [0.15, 0.2) is 30.3 Å². The van der Waals surface area contributed by atoms with Crippen molar-refractivity contribution in [2.75, 3.05) is 5.32 Å². The number of benzene rings is 2. The Morgan fingerprint density at radius 1 is 1.21 bits per heavy atom. The molecule has 4 nitrogen and oxygen atoms in total. The summed E-state index contributed by atoms with van der Waals surface area (Å²) in [5.41, 5.74) is 3.13. The first-order valence-electron chi connectivity index (χ1n) is 7.85. The molecule has 0 bridgehead atoms. The molecule has 128 valence electrons. The molecule has 1 atom stereocenters. The molecule has 0 radical (unpaired) electrons.